The third-order valence-electron chi connectivity index (χ3n) is 2.82. The smallest absolute Gasteiger partial charge is 0.0837 e. The van der Waals surface area contributed by atoms with Gasteiger partial charge in [0.05, 0.1) is 6.10 Å². The van der Waals surface area contributed by atoms with Crippen LogP contribution in [0.2, 0.25) is 0 Å². The Hall–Kier alpha value is 0.140. The van der Waals surface area contributed by atoms with Crippen LogP contribution in [0.5, 0.6) is 0 Å². The second-order valence-corrected chi connectivity index (χ2v) is 5.41. The van der Waals surface area contributed by atoms with E-state index in [0.717, 1.165) is 16.0 Å². The molecule has 0 bridgehead atoms. The second kappa shape index (κ2) is 3.71. The number of rotatable bonds is 3. The van der Waals surface area contributed by atoms with Gasteiger partial charge in [0.2, 0.25) is 0 Å². The van der Waals surface area contributed by atoms with Gasteiger partial charge < -0.3 is 5.11 Å². The molecule has 1 N–H and O–H groups in total. The van der Waals surface area contributed by atoms with Crippen LogP contribution in [0.15, 0.2) is 15.2 Å². The summed E-state index contributed by atoms with van der Waals surface area (Å²) in [6, 6.07) is 0. The Labute approximate surface area is 90.9 Å². The highest BCUT2D eigenvalue weighted by atomic mass is 79.9. The van der Waals surface area contributed by atoms with E-state index in [1.807, 2.05) is 10.8 Å². The van der Waals surface area contributed by atoms with E-state index in [0.29, 0.717) is 5.92 Å². The summed E-state index contributed by atoms with van der Waals surface area (Å²) in [5, 5.41) is 14.1. The number of thiophene rings is 1. The fraction of sp³-hybridized carbons (Fsp3) is 0.600. The van der Waals surface area contributed by atoms with Crippen molar-refractivity contribution in [3.8, 4) is 0 Å². The zero-order valence-corrected chi connectivity index (χ0v) is 9.94. The Morgan fingerprint density at radius 3 is 2.69 bits per heavy atom. The Bertz CT molecular complexity index is 293. The molecular weight excluding hydrogens is 248 g/mol. The van der Waals surface area contributed by atoms with Crippen LogP contribution in [-0.2, 0) is 0 Å². The molecule has 0 spiro atoms. The van der Waals surface area contributed by atoms with Gasteiger partial charge in [-0.25, -0.2) is 0 Å². The number of halogens is 1. The molecule has 2 rings (SSSR count). The molecule has 1 fully saturated rings. The van der Waals surface area contributed by atoms with E-state index in [1.54, 1.807) is 11.3 Å². The SMILES string of the molecule is CC(C1CC1)C(O)c1cscc1Br. The topological polar surface area (TPSA) is 20.2 Å². The van der Waals surface area contributed by atoms with E-state index in [1.165, 1.54) is 12.8 Å². The molecule has 3 heteroatoms. The highest BCUT2D eigenvalue weighted by Crippen LogP contribution is 2.44. The quantitative estimate of drug-likeness (QED) is 0.881. The van der Waals surface area contributed by atoms with Crippen molar-refractivity contribution in [1.29, 1.82) is 0 Å². The summed E-state index contributed by atoms with van der Waals surface area (Å²) in [7, 11) is 0. The van der Waals surface area contributed by atoms with Gasteiger partial charge in [-0.1, -0.05) is 6.92 Å². The fourth-order valence-electron chi connectivity index (χ4n) is 1.67. The highest BCUT2D eigenvalue weighted by Gasteiger charge is 2.33. The van der Waals surface area contributed by atoms with E-state index in [9.17, 15) is 5.11 Å². The molecule has 0 saturated heterocycles. The Morgan fingerprint density at radius 1 is 1.54 bits per heavy atom. The van der Waals surface area contributed by atoms with Gasteiger partial charge in [-0.3, -0.25) is 0 Å². The van der Waals surface area contributed by atoms with Crippen molar-refractivity contribution < 1.29 is 5.11 Å². The molecule has 1 saturated carbocycles. The van der Waals surface area contributed by atoms with Gasteiger partial charge in [-0.2, -0.15) is 11.3 Å². The van der Waals surface area contributed by atoms with Crippen molar-refractivity contribution in [1.82, 2.24) is 0 Å². The van der Waals surface area contributed by atoms with Crippen LogP contribution >= 0.6 is 27.3 Å². The summed E-state index contributed by atoms with van der Waals surface area (Å²) in [4.78, 5) is 0. The summed E-state index contributed by atoms with van der Waals surface area (Å²) >= 11 is 5.09. The molecule has 1 aliphatic rings. The summed E-state index contributed by atoms with van der Waals surface area (Å²) < 4.78 is 1.05. The lowest BCUT2D eigenvalue weighted by Gasteiger charge is -2.17. The van der Waals surface area contributed by atoms with Crippen LogP contribution in [0.4, 0.5) is 0 Å². The Morgan fingerprint density at radius 2 is 2.23 bits per heavy atom. The Kier molecular flexibility index (Phi) is 2.77. The second-order valence-electron chi connectivity index (χ2n) is 3.82. The van der Waals surface area contributed by atoms with Gasteiger partial charge >= 0.3 is 0 Å². The molecule has 1 aromatic rings. The molecular formula is C10H13BrOS. The lowest BCUT2D eigenvalue weighted by Crippen LogP contribution is -2.10. The predicted octanol–water partition coefficient (Wildman–Crippen LogP) is 3.59. The number of aliphatic hydroxyl groups is 1. The minimum atomic E-state index is -0.284. The van der Waals surface area contributed by atoms with Crippen molar-refractivity contribution in [3.05, 3.63) is 20.8 Å². The molecule has 1 nitrogen and oxygen atoms in total. The Balaban J connectivity index is 2.11. The number of hydrogen-bond acceptors (Lipinski definition) is 2. The van der Waals surface area contributed by atoms with Crippen LogP contribution in [-0.4, -0.2) is 5.11 Å². The van der Waals surface area contributed by atoms with Crippen LogP contribution in [0.1, 0.15) is 31.4 Å². The van der Waals surface area contributed by atoms with Gasteiger partial charge in [-0.15, -0.1) is 0 Å². The first-order valence-corrected chi connectivity index (χ1v) is 6.33. The van der Waals surface area contributed by atoms with Crippen molar-refractivity contribution >= 4 is 27.3 Å². The lowest BCUT2D eigenvalue weighted by atomic mass is 9.95. The minimum absolute atomic E-state index is 0.284. The molecule has 1 heterocycles. The van der Waals surface area contributed by atoms with Crippen LogP contribution < -0.4 is 0 Å². The van der Waals surface area contributed by atoms with Gasteiger partial charge in [0.25, 0.3) is 0 Å². The first kappa shape index (κ1) is 9.69. The van der Waals surface area contributed by atoms with Gasteiger partial charge in [-0.05, 0) is 46.0 Å². The number of hydrogen-bond donors (Lipinski definition) is 1. The zero-order chi connectivity index (χ0) is 9.42. The molecule has 0 radical (unpaired) electrons. The summed E-state index contributed by atoms with van der Waals surface area (Å²) in [6.45, 7) is 2.15. The first-order valence-electron chi connectivity index (χ1n) is 4.60. The molecule has 0 aliphatic heterocycles. The van der Waals surface area contributed by atoms with Gasteiger partial charge in [0.1, 0.15) is 0 Å². The van der Waals surface area contributed by atoms with Crippen molar-refractivity contribution in [2.75, 3.05) is 0 Å². The molecule has 1 aromatic heterocycles. The molecule has 0 amide bonds. The van der Waals surface area contributed by atoms with Crippen LogP contribution in [0, 0.1) is 11.8 Å². The third-order valence-corrected chi connectivity index (χ3v) is 4.58. The molecule has 1 aliphatic carbocycles. The van der Waals surface area contributed by atoms with Crippen molar-refractivity contribution in [3.63, 3.8) is 0 Å². The zero-order valence-electron chi connectivity index (χ0n) is 7.53. The predicted molar refractivity (Wildman–Crippen MR) is 58.9 cm³/mol. The monoisotopic (exact) mass is 260 g/mol. The average Bonchev–Trinajstić information content (AvgIpc) is 2.87. The van der Waals surface area contributed by atoms with E-state index in [4.69, 9.17) is 0 Å². The summed E-state index contributed by atoms with van der Waals surface area (Å²) in [6.07, 6.45) is 2.30. The minimum Gasteiger partial charge on any atom is -0.388 e. The maximum Gasteiger partial charge on any atom is 0.0837 e. The van der Waals surface area contributed by atoms with Crippen LogP contribution in [0.25, 0.3) is 0 Å². The normalized spacial score (nSPS) is 21.5. The standard InChI is InChI=1S/C10H13BrOS/c1-6(7-2-3-7)10(12)8-4-13-5-9(8)11/h4-7,10,12H,2-3H2,1H3. The molecule has 0 aromatic carbocycles. The largest absolute Gasteiger partial charge is 0.388 e. The molecule has 72 valence electrons. The van der Waals surface area contributed by atoms with Crippen molar-refractivity contribution in [2.45, 2.75) is 25.9 Å². The maximum atomic E-state index is 10.0. The highest BCUT2D eigenvalue weighted by molar-refractivity contribution is 9.10. The van der Waals surface area contributed by atoms with Gasteiger partial charge in [0.15, 0.2) is 0 Å². The summed E-state index contributed by atoms with van der Waals surface area (Å²) in [5.41, 5.74) is 1.06. The van der Waals surface area contributed by atoms with Crippen LogP contribution in [0.3, 0.4) is 0 Å². The average molecular weight is 261 g/mol. The molecule has 13 heavy (non-hydrogen) atoms. The van der Waals surface area contributed by atoms with E-state index in [2.05, 4.69) is 22.9 Å². The van der Waals surface area contributed by atoms with E-state index in [-0.39, 0.29) is 6.10 Å². The maximum absolute atomic E-state index is 10.0. The van der Waals surface area contributed by atoms with Gasteiger partial charge in [0, 0.05) is 15.4 Å². The lowest BCUT2D eigenvalue weighted by molar-refractivity contribution is 0.105. The fourth-order valence-corrected chi connectivity index (χ4v) is 3.23. The number of aliphatic hydroxyl groups excluding tert-OH is 1. The van der Waals surface area contributed by atoms with Crippen molar-refractivity contribution in [2.24, 2.45) is 11.8 Å². The third kappa shape index (κ3) is 1.97. The first-order chi connectivity index (χ1) is 6.20. The van der Waals surface area contributed by atoms with E-state index >= 15 is 0 Å². The summed E-state index contributed by atoms with van der Waals surface area (Å²) in [5.74, 6) is 1.16. The van der Waals surface area contributed by atoms with E-state index < -0.39 is 0 Å². The molecule has 2 atom stereocenters. The molecule has 2 unspecified atom stereocenters.